The van der Waals surface area contributed by atoms with Gasteiger partial charge in [0.15, 0.2) is 0 Å². The summed E-state index contributed by atoms with van der Waals surface area (Å²) in [5, 5.41) is 0. The smallest absolute Gasteiger partial charge is 0.242 e. The molecule has 1 aromatic heterocycles. The molecular weight excluding hydrogens is 274 g/mol. The number of benzene rings is 1. The Morgan fingerprint density at radius 1 is 1.30 bits per heavy atom. The fraction of sp³-hybridized carbons (Fsp3) is 0.286. The van der Waals surface area contributed by atoms with Crippen molar-refractivity contribution in [2.75, 3.05) is 0 Å². The number of aromatic nitrogens is 1. The highest BCUT2D eigenvalue weighted by molar-refractivity contribution is 7.89. The van der Waals surface area contributed by atoms with Gasteiger partial charge < -0.3 is 10.3 Å². The number of hydrogen-bond donors (Lipinski definition) is 2. The van der Waals surface area contributed by atoms with Gasteiger partial charge in [-0.2, -0.15) is 0 Å². The molecule has 3 N–H and O–H groups in total. The van der Waals surface area contributed by atoms with E-state index in [2.05, 4.69) is 4.72 Å². The van der Waals surface area contributed by atoms with Crippen molar-refractivity contribution in [2.24, 2.45) is 12.8 Å². The molecule has 0 aliphatic carbocycles. The van der Waals surface area contributed by atoms with E-state index in [1.54, 1.807) is 23.9 Å². The normalized spacial score (nSPS) is 11.8. The lowest BCUT2D eigenvalue weighted by atomic mass is 10.1. The molecule has 1 heterocycles. The molecule has 0 fully saturated rings. The Hall–Kier alpha value is -1.63. The summed E-state index contributed by atoms with van der Waals surface area (Å²) in [5.41, 5.74) is 8.36. The minimum absolute atomic E-state index is 0.244. The number of rotatable bonds is 5. The first-order valence-electron chi connectivity index (χ1n) is 6.33. The topological polar surface area (TPSA) is 77.1 Å². The fourth-order valence-corrected chi connectivity index (χ4v) is 3.09. The second-order valence-corrected chi connectivity index (χ2v) is 6.50. The van der Waals surface area contributed by atoms with Crippen molar-refractivity contribution in [3.8, 4) is 0 Å². The molecule has 0 aliphatic heterocycles. The third-order valence-electron chi connectivity index (χ3n) is 3.32. The van der Waals surface area contributed by atoms with Crippen molar-refractivity contribution < 1.29 is 8.42 Å². The Kier molecular flexibility index (Phi) is 4.27. The van der Waals surface area contributed by atoms with Crippen LogP contribution in [0.5, 0.6) is 0 Å². The lowest BCUT2D eigenvalue weighted by Gasteiger charge is -2.07. The average Bonchev–Trinajstić information content (AvgIpc) is 2.80. The van der Waals surface area contributed by atoms with Crippen molar-refractivity contribution in [2.45, 2.75) is 24.9 Å². The first kappa shape index (κ1) is 14.8. The molecule has 1 aromatic carbocycles. The van der Waals surface area contributed by atoms with Crippen LogP contribution in [-0.4, -0.2) is 13.0 Å². The molecule has 0 aliphatic rings. The molecule has 2 aromatic rings. The van der Waals surface area contributed by atoms with E-state index < -0.39 is 10.0 Å². The van der Waals surface area contributed by atoms with E-state index in [4.69, 9.17) is 5.73 Å². The fourth-order valence-electron chi connectivity index (χ4n) is 1.99. The molecule has 0 saturated heterocycles. The van der Waals surface area contributed by atoms with Crippen LogP contribution in [0.1, 0.15) is 16.8 Å². The summed E-state index contributed by atoms with van der Waals surface area (Å²) < 4.78 is 28.8. The zero-order valence-electron chi connectivity index (χ0n) is 11.6. The van der Waals surface area contributed by atoms with Crippen LogP contribution in [0.15, 0.2) is 41.4 Å². The summed E-state index contributed by atoms with van der Waals surface area (Å²) in [4.78, 5) is 0.244. The van der Waals surface area contributed by atoms with Gasteiger partial charge in [-0.3, -0.25) is 0 Å². The Labute approximate surface area is 119 Å². The van der Waals surface area contributed by atoms with Gasteiger partial charge in [0, 0.05) is 32.0 Å². The van der Waals surface area contributed by atoms with Crippen LogP contribution in [-0.2, 0) is 30.2 Å². The lowest BCUT2D eigenvalue weighted by Crippen LogP contribution is -2.23. The van der Waals surface area contributed by atoms with Gasteiger partial charge in [0.05, 0.1) is 4.90 Å². The van der Waals surface area contributed by atoms with Crippen LogP contribution in [0, 0.1) is 6.92 Å². The van der Waals surface area contributed by atoms with Crippen molar-refractivity contribution in [1.82, 2.24) is 9.29 Å². The highest BCUT2D eigenvalue weighted by atomic mass is 32.2. The van der Waals surface area contributed by atoms with Gasteiger partial charge >= 0.3 is 0 Å². The predicted octanol–water partition coefficient (Wildman–Crippen LogP) is 1.27. The lowest BCUT2D eigenvalue weighted by molar-refractivity contribution is 0.581. The minimum Gasteiger partial charge on any atom is -0.352 e. The van der Waals surface area contributed by atoms with Crippen molar-refractivity contribution in [1.29, 1.82) is 0 Å². The van der Waals surface area contributed by atoms with Crippen molar-refractivity contribution >= 4 is 10.0 Å². The second-order valence-electron chi connectivity index (χ2n) is 4.73. The van der Waals surface area contributed by atoms with Gasteiger partial charge in [0.1, 0.15) is 0 Å². The first-order valence-corrected chi connectivity index (χ1v) is 7.82. The molecule has 6 heteroatoms. The quantitative estimate of drug-likeness (QED) is 0.871. The number of aryl methyl sites for hydroxylation is 2. The number of nitrogens with two attached hydrogens (primary N) is 1. The van der Waals surface area contributed by atoms with E-state index in [0.717, 1.165) is 16.8 Å². The molecule has 0 amide bonds. The van der Waals surface area contributed by atoms with Gasteiger partial charge in [-0.05, 0) is 24.1 Å². The zero-order chi connectivity index (χ0) is 14.8. The number of nitrogens with zero attached hydrogens (tertiary/aromatic N) is 1. The van der Waals surface area contributed by atoms with Gasteiger partial charge in [-0.1, -0.05) is 24.3 Å². The zero-order valence-corrected chi connectivity index (χ0v) is 12.4. The molecule has 108 valence electrons. The Morgan fingerprint density at radius 3 is 2.60 bits per heavy atom. The van der Waals surface area contributed by atoms with E-state index in [1.165, 1.54) is 0 Å². The standard InChI is InChI=1S/C14H19N3O2S/c1-11-5-3-4-6-12(11)9-16-20(18,19)14-7-13(8-15)17(2)10-14/h3-7,10,16H,8-9,15H2,1-2H3. The number of hydrogen-bond acceptors (Lipinski definition) is 3. The van der Waals surface area contributed by atoms with Crippen LogP contribution >= 0.6 is 0 Å². The summed E-state index contributed by atoms with van der Waals surface area (Å²) in [5.74, 6) is 0. The number of sulfonamides is 1. The molecule has 0 atom stereocenters. The van der Waals surface area contributed by atoms with E-state index in [9.17, 15) is 8.42 Å². The van der Waals surface area contributed by atoms with Crippen LogP contribution in [0.25, 0.3) is 0 Å². The molecule has 20 heavy (non-hydrogen) atoms. The first-order chi connectivity index (χ1) is 9.44. The average molecular weight is 293 g/mol. The summed E-state index contributed by atoms with van der Waals surface area (Å²) in [6, 6.07) is 9.29. The SMILES string of the molecule is Cc1ccccc1CNS(=O)(=O)c1cc(CN)n(C)c1. The van der Waals surface area contributed by atoms with Crippen molar-refractivity contribution in [3.63, 3.8) is 0 Å². The maximum Gasteiger partial charge on any atom is 0.242 e. The summed E-state index contributed by atoms with van der Waals surface area (Å²) in [6.07, 6.45) is 1.57. The second kappa shape index (κ2) is 5.78. The number of nitrogens with one attached hydrogen (secondary N) is 1. The van der Waals surface area contributed by atoms with E-state index in [0.29, 0.717) is 6.54 Å². The van der Waals surface area contributed by atoms with E-state index >= 15 is 0 Å². The van der Waals surface area contributed by atoms with Gasteiger partial charge in [0.25, 0.3) is 0 Å². The molecule has 0 bridgehead atoms. The van der Waals surface area contributed by atoms with E-state index in [-0.39, 0.29) is 11.4 Å². The molecule has 0 spiro atoms. The van der Waals surface area contributed by atoms with Gasteiger partial charge in [-0.25, -0.2) is 13.1 Å². The van der Waals surface area contributed by atoms with Crippen LogP contribution in [0.2, 0.25) is 0 Å². The Morgan fingerprint density at radius 2 is 2.00 bits per heavy atom. The molecule has 0 saturated carbocycles. The third-order valence-corrected chi connectivity index (χ3v) is 4.68. The molecule has 2 rings (SSSR count). The summed E-state index contributed by atoms with van der Waals surface area (Å²) >= 11 is 0. The Bertz CT molecular complexity index is 705. The van der Waals surface area contributed by atoms with Crippen LogP contribution in [0.4, 0.5) is 0 Å². The van der Waals surface area contributed by atoms with Crippen LogP contribution in [0.3, 0.4) is 0 Å². The highest BCUT2D eigenvalue weighted by Crippen LogP contribution is 2.14. The molecule has 5 nitrogen and oxygen atoms in total. The van der Waals surface area contributed by atoms with Crippen LogP contribution < -0.4 is 10.5 Å². The highest BCUT2D eigenvalue weighted by Gasteiger charge is 2.17. The maximum atomic E-state index is 12.2. The largest absolute Gasteiger partial charge is 0.352 e. The Balaban J connectivity index is 2.17. The van der Waals surface area contributed by atoms with E-state index in [1.807, 2.05) is 31.2 Å². The van der Waals surface area contributed by atoms with Crippen molar-refractivity contribution in [3.05, 3.63) is 53.3 Å². The monoisotopic (exact) mass is 293 g/mol. The molecular formula is C14H19N3O2S. The minimum atomic E-state index is -3.51. The summed E-state index contributed by atoms with van der Waals surface area (Å²) in [6.45, 7) is 2.55. The molecule has 0 unspecified atom stereocenters. The van der Waals surface area contributed by atoms with Gasteiger partial charge in [-0.15, -0.1) is 0 Å². The third kappa shape index (κ3) is 3.09. The molecule has 0 radical (unpaired) electrons. The van der Waals surface area contributed by atoms with Gasteiger partial charge in [0.2, 0.25) is 10.0 Å². The predicted molar refractivity (Wildman–Crippen MR) is 78.5 cm³/mol. The summed E-state index contributed by atoms with van der Waals surface area (Å²) in [7, 11) is -1.73. The maximum absolute atomic E-state index is 12.2.